The Bertz CT molecular complexity index is 875. The van der Waals surface area contributed by atoms with E-state index in [0.29, 0.717) is 11.4 Å². The first-order chi connectivity index (χ1) is 12.4. The fraction of sp³-hybridized carbons (Fsp3) is 0.368. The van der Waals surface area contributed by atoms with E-state index in [0.717, 1.165) is 35.8 Å². The first-order valence-corrected chi connectivity index (χ1v) is 10.4. The molecule has 0 amide bonds. The molecule has 2 aromatic rings. The molecule has 1 N–H and O–H groups in total. The predicted octanol–water partition coefficient (Wildman–Crippen LogP) is 3.16. The minimum atomic E-state index is -3.43. The van der Waals surface area contributed by atoms with Crippen LogP contribution in [0.4, 0.5) is 0 Å². The van der Waals surface area contributed by atoms with Crippen LogP contribution in [-0.4, -0.2) is 51.4 Å². The monoisotopic (exact) mass is 429 g/mol. The molecule has 148 valence electrons. The van der Waals surface area contributed by atoms with Gasteiger partial charge in [0.05, 0.1) is 4.90 Å². The van der Waals surface area contributed by atoms with Crippen molar-refractivity contribution in [2.24, 2.45) is 0 Å². The number of hydrogen-bond acceptors (Lipinski definition) is 4. The predicted molar refractivity (Wildman–Crippen MR) is 112 cm³/mol. The van der Waals surface area contributed by atoms with Gasteiger partial charge in [0.25, 0.3) is 0 Å². The lowest BCUT2D eigenvalue weighted by atomic mass is 10.0. The Morgan fingerprint density at radius 3 is 2.63 bits per heavy atom. The third kappa shape index (κ3) is 5.02. The fourth-order valence-corrected chi connectivity index (χ4v) is 4.47. The fourth-order valence-electron chi connectivity index (χ4n) is 3.24. The number of hydrogen-bond donors (Lipinski definition) is 1. The number of rotatable bonds is 5. The van der Waals surface area contributed by atoms with Crippen LogP contribution < -0.4 is 5.32 Å². The quantitative estimate of drug-likeness (QED) is 0.792. The van der Waals surface area contributed by atoms with E-state index in [1.807, 2.05) is 24.3 Å². The summed E-state index contributed by atoms with van der Waals surface area (Å²) in [6.45, 7) is 3.27. The Morgan fingerprint density at radius 1 is 1.19 bits per heavy atom. The van der Waals surface area contributed by atoms with Gasteiger partial charge in [-0.15, -0.1) is 12.4 Å². The molecule has 1 saturated heterocycles. The van der Waals surface area contributed by atoms with Crippen molar-refractivity contribution in [1.29, 1.82) is 0 Å². The molecule has 0 radical (unpaired) electrons. The molecule has 0 aliphatic carbocycles. The number of benzene rings is 2. The molecule has 5 nitrogen and oxygen atoms in total. The lowest BCUT2D eigenvalue weighted by Gasteiger charge is -2.37. The van der Waals surface area contributed by atoms with Crippen LogP contribution in [0.3, 0.4) is 0 Å². The van der Waals surface area contributed by atoms with Crippen molar-refractivity contribution in [1.82, 2.24) is 14.5 Å². The van der Waals surface area contributed by atoms with Crippen LogP contribution in [-0.2, 0) is 16.6 Å². The Hall–Kier alpha value is -1.15. The van der Waals surface area contributed by atoms with Crippen LogP contribution in [0.5, 0.6) is 0 Å². The zero-order valence-electron chi connectivity index (χ0n) is 15.4. The summed E-state index contributed by atoms with van der Waals surface area (Å²) < 4.78 is 26.0. The molecule has 1 heterocycles. The first kappa shape index (κ1) is 22.1. The summed E-state index contributed by atoms with van der Waals surface area (Å²) in [5.74, 6) is 0. The van der Waals surface area contributed by atoms with E-state index < -0.39 is 10.0 Å². The van der Waals surface area contributed by atoms with E-state index in [1.54, 1.807) is 32.3 Å². The van der Waals surface area contributed by atoms with E-state index in [2.05, 4.69) is 16.3 Å². The van der Waals surface area contributed by atoms with Gasteiger partial charge in [-0.25, -0.2) is 12.7 Å². The molecule has 0 aromatic heterocycles. The molecule has 3 rings (SSSR count). The van der Waals surface area contributed by atoms with Crippen molar-refractivity contribution in [3.05, 3.63) is 64.7 Å². The van der Waals surface area contributed by atoms with Crippen LogP contribution >= 0.6 is 24.0 Å². The highest BCUT2D eigenvalue weighted by Gasteiger charge is 2.26. The van der Waals surface area contributed by atoms with Gasteiger partial charge in [0, 0.05) is 51.3 Å². The third-order valence-electron chi connectivity index (χ3n) is 4.68. The SMILES string of the molecule is CN(C)S(=O)(=O)c1cccc(CN2CCNCC2c2ccccc2Cl)c1.Cl. The molecular weight excluding hydrogens is 405 g/mol. The summed E-state index contributed by atoms with van der Waals surface area (Å²) in [6.07, 6.45) is 0. The number of sulfonamides is 1. The zero-order valence-corrected chi connectivity index (χ0v) is 17.8. The minimum absolute atomic E-state index is 0. The van der Waals surface area contributed by atoms with Crippen molar-refractivity contribution in [3.63, 3.8) is 0 Å². The molecule has 0 bridgehead atoms. The van der Waals surface area contributed by atoms with E-state index in [9.17, 15) is 8.42 Å². The standard InChI is InChI=1S/C19H24ClN3O2S.ClH/c1-22(2)26(24,25)16-7-5-6-15(12-16)14-23-11-10-21-13-19(23)17-8-3-4-9-18(17)20;/h3-9,12,19,21H,10-11,13-14H2,1-2H3;1H. The number of nitrogens with zero attached hydrogens (tertiary/aromatic N) is 2. The summed E-state index contributed by atoms with van der Waals surface area (Å²) >= 11 is 6.41. The largest absolute Gasteiger partial charge is 0.314 e. The second kappa shape index (κ2) is 9.37. The molecule has 0 saturated carbocycles. The molecule has 27 heavy (non-hydrogen) atoms. The molecular formula is C19H25Cl2N3O2S. The van der Waals surface area contributed by atoms with Gasteiger partial charge < -0.3 is 5.32 Å². The first-order valence-electron chi connectivity index (χ1n) is 8.60. The lowest BCUT2D eigenvalue weighted by molar-refractivity contribution is 0.153. The average molecular weight is 430 g/mol. The van der Waals surface area contributed by atoms with Gasteiger partial charge in [-0.3, -0.25) is 4.90 Å². The van der Waals surface area contributed by atoms with E-state index in [4.69, 9.17) is 11.6 Å². The average Bonchev–Trinajstić information content (AvgIpc) is 2.63. The molecule has 1 unspecified atom stereocenters. The second-order valence-electron chi connectivity index (χ2n) is 6.65. The van der Waals surface area contributed by atoms with Gasteiger partial charge in [0.2, 0.25) is 10.0 Å². The number of piperazine rings is 1. The van der Waals surface area contributed by atoms with Crippen molar-refractivity contribution in [2.45, 2.75) is 17.5 Å². The Morgan fingerprint density at radius 2 is 1.93 bits per heavy atom. The number of halogens is 2. The van der Waals surface area contributed by atoms with Gasteiger partial charge >= 0.3 is 0 Å². The highest BCUT2D eigenvalue weighted by molar-refractivity contribution is 7.89. The molecule has 1 fully saturated rings. The minimum Gasteiger partial charge on any atom is -0.314 e. The van der Waals surface area contributed by atoms with Crippen LogP contribution in [0.25, 0.3) is 0 Å². The summed E-state index contributed by atoms with van der Waals surface area (Å²) in [6, 6.07) is 15.2. The highest BCUT2D eigenvalue weighted by atomic mass is 35.5. The van der Waals surface area contributed by atoms with E-state index in [1.165, 1.54) is 4.31 Å². The summed E-state index contributed by atoms with van der Waals surface area (Å²) in [7, 11) is -0.337. The lowest BCUT2D eigenvalue weighted by Crippen LogP contribution is -2.45. The molecule has 2 aromatic carbocycles. The molecule has 1 aliphatic heterocycles. The molecule has 1 atom stereocenters. The van der Waals surface area contributed by atoms with Crippen molar-refractivity contribution < 1.29 is 8.42 Å². The molecule has 8 heteroatoms. The maximum atomic E-state index is 12.4. The number of nitrogens with one attached hydrogen (secondary N) is 1. The highest BCUT2D eigenvalue weighted by Crippen LogP contribution is 2.30. The maximum absolute atomic E-state index is 12.4. The van der Waals surface area contributed by atoms with Gasteiger partial charge in [0.15, 0.2) is 0 Å². The van der Waals surface area contributed by atoms with Crippen molar-refractivity contribution in [3.8, 4) is 0 Å². The van der Waals surface area contributed by atoms with E-state index in [-0.39, 0.29) is 18.4 Å². The summed E-state index contributed by atoms with van der Waals surface area (Å²) in [5, 5.41) is 4.18. The normalized spacial score (nSPS) is 18.3. The van der Waals surface area contributed by atoms with Gasteiger partial charge in [0.1, 0.15) is 0 Å². The molecule has 0 spiro atoms. The Balaban J connectivity index is 0.00000261. The Kier molecular flexibility index (Phi) is 7.68. The maximum Gasteiger partial charge on any atom is 0.242 e. The second-order valence-corrected chi connectivity index (χ2v) is 9.21. The van der Waals surface area contributed by atoms with Gasteiger partial charge in [-0.1, -0.05) is 41.9 Å². The van der Waals surface area contributed by atoms with Gasteiger partial charge in [-0.05, 0) is 29.3 Å². The third-order valence-corrected chi connectivity index (χ3v) is 6.84. The van der Waals surface area contributed by atoms with Crippen LogP contribution in [0.15, 0.2) is 53.4 Å². The zero-order chi connectivity index (χ0) is 18.7. The van der Waals surface area contributed by atoms with Crippen molar-refractivity contribution >= 4 is 34.0 Å². The van der Waals surface area contributed by atoms with Crippen molar-refractivity contribution in [2.75, 3.05) is 33.7 Å². The molecule has 1 aliphatic rings. The summed E-state index contributed by atoms with van der Waals surface area (Å²) in [4.78, 5) is 2.67. The van der Waals surface area contributed by atoms with Crippen LogP contribution in [0.1, 0.15) is 17.2 Å². The smallest absolute Gasteiger partial charge is 0.242 e. The Labute approximate surface area is 172 Å². The van der Waals surface area contributed by atoms with Crippen LogP contribution in [0, 0.1) is 0 Å². The van der Waals surface area contributed by atoms with Gasteiger partial charge in [-0.2, -0.15) is 0 Å². The topological polar surface area (TPSA) is 52.7 Å². The van der Waals surface area contributed by atoms with E-state index >= 15 is 0 Å². The summed E-state index contributed by atoms with van der Waals surface area (Å²) in [5.41, 5.74) is 2.07. The van der Waals surface area contributed by atoms with Crippen LogP contribution in [0.2, 0.25) is 5.02 Å².